The van der Waals surface area contributed by atoms with Gasteiger partial charge in [0.2, 0.25) is 0 Å². The van der Waals surface area contributed by atoms with Gasteiger partial charge in [0.05, 0.1) is 0 Å². The van der Waals surface area contributed by atoms with Crippen molar-refractivity contribution in [2.45, 2.75) is 19.9 Å². The van der Waals surface area contributed by atoms with E-state index in [0.717, 1.165) is 13.1 Å². The zero-order valence-corrected chi connectivity index (χ0v) is 6.89. The SMILES string of the molecule is CC(C)N(C)CCNC#N. The standard InChI is InChI=1S/C7H15N3/c1-7(2)10(3)5-4-9-6-8/h7,9H,4-5H2,1-3H3. The summed E-state index contributed by atoms with van der Waals surface area (Å²) in [5, 5.41) is 10.7. The van der Waals surface area contributed by atoms with E-state index in [0.29, 0.717) is 6.04 Å². The van der Waals surface area contributed by atoms with E-state index in [4.69, 9.17) is 5.26 Å². The number of nitrogens with one attached hydrogen (secondary N) is 1. The van der Waals surface area contributed by atoms with Crippen molar-refractivity contribution in [1.82, 2.24) is 10.2 Å². The number of nitrogens with zero attached hydrogens (tertiary/aromatic N) is 2. The minimum Gasteiger partial charge on any atom is -0.323 e. The van der Waals surface area contributed by atoms with Crippen molar-refractivity contribution in [3.63, 3.8) is 0 Å². The third-order valence-electron chi connectivity index (χ3n) is 1.55. The molecule has 0 saturated carbocycles. The van der Waals surface area contributed by atoms with Gasteiger partial charge in [-0.3, -0.25) is 0 Å². The predicted molar refractivity (Wildman–Crippen MR) is 41.4 cm³/mol. The van der Waals surface area contributed by atoms with E-state index in [2.05, 4.69) is 24.1 Å². The lowest BCUT2D eigenvalue weighted by atomic mass is 10.3. The molecule has 58 valence electrons. The van der Waals surface area contributed by atoms with Crippen LogP contribution in [-0.2, 0) is 0 Å². The first-order valence-electron chi connectivity index (χ1n) is 3.50. The first-order chi connectivity index (χ1) is 4.68. The van der Waals surface area contributed by atoms with E-state index in [1.165, 1.54) is 0 Å². The molecule has 3 heteroatoms. The molecule has 10 heavy (non-hydrogen) atoms. The van der Waals surface area contributed by atoms with Crippen LogP contribution >= 0.6 is 0 Å². The minimum absolute atomic E-state index is 0.556. The molecule has 0 aliphatic rings. The van der Waals surface area contributed by atoms with Crippen molar-refractivity contribution in [1.29, 1.82) is 5.26 Å². The van der Waals surface area contributed by atoms with Gasteiger partial charge in [0, 0.05) is 19.1 Å². The molecule has 0 aliphatic heterocycles. The Balaban J connectivity index is 3.23. The topological polar surface area (TPSA) is 39.1 Å². The first kappa shape index (κ1) is 9.25. The van der Waals surface area contributed by atoms with E-state index in [1.807, 2.05) is 13.2 Å². The summed E-state index contributed by atoms with van der Waals surface area (Å²) in [5.41, 5.74) is 0. The molecular weight excluding hydrogens is 126 g/mol. The second-order valence-electron chi connectivity index (χ2n) is 2.61. The van der Waals surface area contributed by atoms with E-state index < -0.39 is 0 Å². The van der Waals surface area contributed by atoms with Gasteiger partial charge >= 0.3 is 0 Å². The molecule has 0 fully saturated rings. The van der Waals surface area contributed by atoms with E-state index in [1.54, 1.807) is 0 Å². The number of hydrogen-bond donors (Lipinski definition) is 1. The highest BCUT2D eigenvalue weighted by Gasteiger charge is 2.00. The Labute approximate surface area is 62.6 Å². The molecule has 0 aromatic heterocycles. The highest BCUT2D eigenvalue weighted by Crippen LogP contribution is 1.90. The number of rotatable bonds is 4. The molecule has 0 rings (SSSR count). The Morgan fingerprint density at radius 3 is 2.60 bits per heavy atom. The Hall–Kier alpha value is -0.750. The molecular formula is C7H15N3. The summed E-state index contributed by atoms with van der Waals surface area (Å²) in [4.78, 5) is 2.18. The number of nitriles is 1. The Kier molecular flexibility index (Phi) is 4.69. The monoisotopic (exact) mass is 141 g/mol. The maximum Gasteiger partial charge on any atom is 0.176 e. The molecule has 0 spiro atoms. The fourth-order valence-electron chi connectivity index (χ4n) is 0.546. The summed E-state index contributed by atoms with van der Waals surface area (Å²) in [6.45, 7) is 5.93. The van der Waals surface area contributed by atoms with Crippen LogP contribution in [0, 0.1) is 11.5 Å². The summed E-state index contributed by atoms with van der Waals surface area (Å²) >= 11 is 0. The van der Waals surface area contributed by atoms with Crippen LogP contribution < -0.4 is 5.32 Å². The molecule has 0 heterocycles. The predicted octanol–water partition coefficient (Wildman–Crippen LogP) is 0.397. The van der Waals surface area contributed by atoms with Crippen LogP contribution in [0.4, 0.5) is 0 Å². The van der Waals surface area contributed by atoms with Gasteiger partial charge < -0.3 is 10.2 Å². The summed E-state index contributed by atoms with van der Waals surface area (Å²) in [6.07, 6.45) is 1.89. The van der Waals surface area contributed by atoms with Crippen LogP contribution in [0.1, 0.15) is 13.8 Å². The molecule has 0 aromatic carbocycles. The van der Waals surface area contributed by atoms with Gasteiger partial charge in [-0.2, -0.15) is 5.26 Å². The van der Waals surface area contributed by atoms with Crippen molar-refractivity contribution in [2.75, 3.05) is 20.1 Å². The van der Waals surface area contributed by atoms with Gasteiger partial charge in [0.25, 0.3) is 0 Å². The maximum atomic E-state index is 8.14. The van der Waals surface area contributed by atoms with Gasteiger partial charge in [-0.25, -0.2) is 0 Å². The summed E-state index contributed by atoms with van der Waals surface area (Å²) < 4.78 is 0. The van der Waals surface area contributed by atoms with Gasteiger partial charge in [-0.15, -0.1) is 0 Å². The number of likely N-dealkylation sites (N-methyl/N-ethyl adjacent to an activating group) is 1. The fraction of sp³-hybridized carbons (Fsp3) is 0.857. The van der Waals surface area contributed by atoms with Gasteiger partial charge in [0.1, 0.15) is 0 Å². The largest absolute Gasteiger partial charge is 0.323 e. The summed E-state index contributed by atoms with van der Waals surface area (Å²) in [5.74, 6) is 0. The third kappa shape index (κ3) is 4.16. The second kappa shape index (κ2) is 5.07. The van der Waals surface area contributed by atoms with Crippen LogP contribution in [0.5, 0.6) is 0 Å². The molecule has 0 aliphatic carbocycles. The van der Waals surface area contributed by atoms with Crippen molar-refractivity contribution in [3.05, 3.63) is 0 Å². The highest BCUT2D eigenvalue weighted by atomic mass is 15.1. The molecule has 0 amide bonds. The number of hydrogen-bond acceptors (Lipinski definition) is 3. The average Bonchev–Trinajstić information content (AvgIpc) is 1.88. The van der Waals surface area contributed by atoms with E-state index in [-0.39, 0.29) is 0 Å². The maximum absolute atomic E-state index is 8.14. The lowest BCUT2D eigenvalue weighted by Crippen LogP contribution is -2.32. The summed E-state index contributed by atoms with van der Waals surface area (Å²) in [7, 11) is 2.05. The van der Waals surface area contributed by atoms with E-state index >= 15 is 0 Å². The van der Waals surface area contributed by atoms with E-state index in [9.17, 15) is 0 Å². The van der Waals surface area contributed by atoms with Crippen molar-refractivity contribution in [3.8, 4) is 6.19 Å². The molecule has 0 bridgehead atoms. The van der Waals surface area contributed by atoms with Gasteiger partial charge in [0.15, 0.2) is 6.19 Å². The van der Waals surface area contributed by atoms with Crippen LogP contribution in [0.15, 0.2) is 0 Å². The average molecular weight is 141 g/mol. The van der Waals surface area contributed by atoms with Crippen LogP contribution in [-0.4, -0.2) is 31.1 Å². The second-order valence-corrected chi connectivity index (χ2v) is 2.61. The zero-order chi connectivity index (χ0) is 7.98. The van der Waals surface area contributed by atoms with Crippen molar-refractivity contribution in [2.24, 2.45) is 0 Å². The highest BCUT2D eigenvalue weighted by molar-refractivity contribution is 4.67. The molecule has 0 unspecified atom stereocenters. The molecule has 0 radical (unpaired) electrons. The van der Waals surface area contributed by atoms with Gasteiger partial charge in [-0.1, -0.05) is 0 Å². The third-order valence-corrected chi connectivity index (χ3v) is 1.55. The minimum atomic E-state index is 0.556. The Bertz CT molecular complexity index is 115. The normalized spacial score (nSPS) is 10.0. The first-order valence-corrected chi connectivity index (χ1v) is 3.50. The molecule has 0 aromatic rings. The zero-order valence-electron chi connectivity index (χ0n) is 6.89. The molecule has 3 nitrogen and oxygen atoms in total. The fourth-order valence-corrected chi connectivity index (χ4v) is 0.546. The molecule has 1 N–H and O–H groups in total. The lowest BCUT2D eigenvalue weighted by Gasteiger charge is -2.19. The van der Waals surface area contributed by atoms with Crippen LogP contribution in [0.25, 0.3) is 0 Å². The molecule has 0 atom stereocenters. The smallest absolute Gasteiger partial charge is 0.176 e. The Morgan fingerprint density at radius 1 is 1.60 bits per heavy atom. The lowest BCUT2D eigenvalue weighted by molar-refractivity contribution is 0.277. The van der Waals surface area contributed by atoms with Gasteiger partial charge in [-0.05, 0) is 20.9 Å². The summed E-state index contributed by atoms with van der Waals surface area (Å²) in [6, 6.07) is 0.556. The van der Waals surface area contributed by atoms with Crippen LogP contribution in [0.2, 0.25) is 0 Å². The van der Waals surface area contributed by atoms with Crippen molar-refractivity contribution < 1.29 is 0 Å². The molecule has 0 saturated heterocycles. The quantitative estimate of drug-likeness (QED) is 0.350. The Morgan fingerprint density at radius 2 is 2.20 bits per heavy atom. The van der Waals surface area contributed by atoms with Crippen molar-refractivity contribution >= 4 is 0 Å². The van der Waals surface area contributed by atoms with Crippen LogP contribution in [0.3, 0.4) is 0 Å².